The van der Waals surface area contributed by atoms with Crippen LogP contribution < -0.4 is 5.32 Å². The molecule has 1 saturated heterocycles. The molecule has 1 aliphatic rings. The van der Waals surface area contributed by atoms with Gasteiger partial charge in [0.15, 0.2) is 0 Å². The quantitative estimate of drug-likeness (QED) is 0.791. The van der Waals surface area contributed by atoms with Gasteiger partial charge in [-0.3, -0.25) is 14.6 Å². The van der Waals surface area contributed by atoms with Crippen LogP contribution in [0, 0.1) is 12.7 Å². The molecule has 0 spiro atoms. The van der Waals surface area contributed by atoms with Crippen molar-refractivity contribution >= 4 is 17.5 Å². The summed E-state index contributed by atoms with van der Waals surface area (Å²) in [5, 5.41) is 2.53. The molecule has 0 unspecified atom stereocenters. The van der Waals surface area contributed by atoms with Gasteiger partial charge in [-0.2, -0.15) is 0 Å². The molecule has 7 nitrogen and oxygen atoms in total. The van der Waals surface area contributed by atoms with Crippen molar-refractivity contribution in [1.29, 1.82) is 0 Å². The van der Waals surface area contributed by atoms with E-state index in [1.165, 1.54) is 24.5 Å². The fourth-order valence-corrected chi connectivity index (χ4v) is 2.99. The van der Waals surface area contributed by atoms with E-state index in [9.17, 15) is 14.0 Å². The Morgan fingerprint density at radius 3 is 2.79 bits per heavy atom. The van der Waals surface area contributed by atoms with Crippen molar-refractivity contribution < 1.29 is 18.7 Å². The maximum absolute atomic E-state index is 13.7. The summed E-state index contributed by atoms with van der Waals surface area (Å²) in [7, 11) is 0. The van der Waals surface area contributed by atoms with Crippen molar-refractivity contribution in [1.82, 2.24) is 14.9 Å². The van der Waals surface area contributed by atoms with Crippen LogP contribution in [-0.4, -0.2) is 52.5 Å². The topological polar surface area (TPSA) is 84.4 Å². The van der Waals surface area contributed by atoms with Crippen LogP contribution in [0.1, 0.15) is 35.4 Å². The predicted molar refractivity (Wildman–Crippen MR) is 101 cm³/mol. The molecule has 0 bridgehead atoms. The molecular weight excluding hydrogens is 363 g/mol. The standard InChI is InChI=1S/C20H23FN4O3/c1-14-11-23-18(12-22-14)20(27)25(13-15-5-4-10-28-15)9-8-19(26)24-17-7-3-2-6-16(17)21/h2-3,6-7,11-12,15H,4-5,8-10,13H2,1H3,(H,24,26)/t15-/m0/s1. The molecule has 1 aromatic carbocycles. The Morgan fingerprint density at radius 1 is 1.29 bits per heavy atom. The van der Waals surface area contributed by atoms with E-state index in [-0.39, 0.29) is 42.3 Å². The number of benzene rings is 1. The summed E-state index contributed by atoms with van der Waals surface area (Å²) in [5.74, 6) is -1.18. The second kappa shape index (κ2) is 9.36. The van der Waals surface area contributed by atoms with E-state index in [4.69, 9.17) is 4.74 Å². The first-order valence-electron chi connectivity index (χ1n) is 9.27. The van der Waals surface area contributed by atoms with Crippen LogP contribution in [0.25, 0.3) is 0 Å². The third kappa shape index (κ3) is 5.32. The van der Waals surface area contributed by atoms with Crippen LogP contribution in [0.4, 0.5) is 10.1 Å². The smallest absolute Gasteiger partial charge is 0.274 e. The van der Waals surface area contributed by atoms with Gasteiger partial charge in [0.05, 0.1) is 23.7 Å². The number of ether oxygens (including phenoxy) is 1. The van der Waals surface area contributed by atoms with Crippen molar-refractivity contribution in [2.24, 2.45) is 0 Å². The van der Waals surface area contributed by atoms with E-state index >= 15 is 0 Å². The SMILES string of the molecule is Cc1cnc(C(=O)N(CCC(=O)Nc2ccccc2F)C[C@@H]2CCCO2)cn1. The van der Waals surface area contributed by atoms with Gasteiger partial charge in [-0.05, 0) is 31.9 Å². The van der Waals surface area contributed by atoms with E-state index in [1.54, 1.807) is 24.0 Å². The number of hydrogen-bond donors (Lipinski definition) is 1. The lowest BCUT2D eigenvalue weighted by atomic mass is 10.2. The molecule has 1 atom stereocenters. The number of halogens is 1. The molecule has 1 N–H and O–H groups in total. The first-order valence-corrected chi connectivity index (χ1v) is 9.27. The number of carbonyl (C=O) groups is 2. The molecular formula is C20H23FN4O3. The van der Waals surface area contributed by atoms with Crippen molar-refractivity contribution in [3.05, 3.63) is 53.9 Å². The number of carbonyl (C=O) groups excluding carboxylic acids is 2. The van der Waals surface area contributed by atoms with Gasteiger partial charge in [0.2, 0.25) is 5.91 Å². The molecule has 2 aromatic rings. The van der Waals surface area contributed by atoms with E-state index in [0.29, 0.717) is 18.8 Å². The van der Waals surface area contributed by atoms with Crippen molar-refractivity contribution in [3.8, 4) is 0 Å². The molecule has 0 aliphatic carbocycles. The average molecular weight is 386 g/mol. The van der Waals surface area contributed by atoms with Gasteiger partial charge in [0.25, 0.3) is 5.91 Å². The maximum Gasteiger partial charge on any atom is 0.274 e. The first kappa shape index (κ1) is 19.9. The molecule has 0 saturated carbocycles. The highest BCUT2D eigenvalue weighted by atomic mass is 19.1. The number of hydrogen-bond acceptors (Lipinski definition) is 5. The van der Waals surface area contributed by atoms with E-state index in [0.717, 1.165) is 12.8 Å². The molecule has 1 fully saturated rings. The van der Waals surface area contributed by atoms with Crippen LogP contribution in [-0.2, 0) is 9.53 Å². The fraction of sp³-hybridized carbons (Fsp3) is 0.400. The monoisotopic (exact) mass is 386 g/mol. The van der Waals surface area contributed by atoms with Crippen molar-refractivity contribution in [2.45, 2.75) is 32.3 Å². The van der Waals surface area contributed by atoms with Crippen molar-refractivity contribution in [2.75, 3.05) is 25.0 Å². The Hall–Kier alpha value is -2.87. The molecule has 2 amide bonds. The minimum atomic E-state index is -0.502. The van der Waals surface area contributed by atoms with Gasteiger partial charge in [0.1, 0.15) is 11.5 Å². The largest absolute Gasteiger partial charge is 0.376 e. The molecule has 28 heavy (non-hydrogen) atoms. The van der Waals surface area contributed by atoms with Gasteiger partial charge in [-0.15, -0.1) is 0 Å². The number of anilines is 1. The highest BCUT2D eigenvalue weighted by Gasteiger charge is 2.25. The zero-order valence-corrected chi connectivity index (χ0v) is 15.7. The van der Waals surface area contributed by atoms with Crippen LogP contribution in [0.2, 0.25) is 0 Å². The molecule has 3 rings (SSSR count). The van der Waals surface area contributed by atoms with Crippen LogP contribution in [0.3, 0.4) is 0 Å². The number of aromatic nitrogens is 2. The normalized spacial score (nSPS) is 16.0. The summed E-state index contributed by atoms with van der Waals surface area (Å²) in [4.78, 5) is 34.9. The predicted octanol–water partition coefficient (Wildman–Crippen LogP) is 2.57. The number of nitrogens with zero attached hydrogens (tertiary/aromatic N) is 3. The molecule has 1 aliphatic heterocycles. The van der Waals surface area contributed by atoms with Gasteiger partial charge in [-0.1, -0.05) is 12.1 Å². The number of nitrogens with one attached hydrogen (secondary N) is 1. The Balaban J connectivity index is 1.64. The zero-order chi connectivity index (χ0) is 19.9. The first-order chi connectivity index (χ1) is 13.5. The molecule has 148 valence electrons. The number of amides is 2. The second-order valence-electron chi connectivity index (χ2n) is 6.71. The summed E-state index contributed by atoms with van der Waals surface area (Å²) in [6, 6.07) is 5.96. The van der Waals surface area contributed by atoms with Crippen LogP contribution in [0.15, 0.2) is 36.7 Å². The lowest BCUT2D eigenvalue weighted by molar-refractivity contribution is -0.116. The molecule has 2 heterocycles. The van der Waals surface area contributed by atoms with Gasteiger partial charge < -0.3 is 15.0 Å². The minimum absolute atomic E-state index is 0.0338. The fourth-order valence-electron chi connectivity index (χ4n) is 2.99. The second-order valence-corrected chi connectivity index (χ2v) is 6.71. The zero-order valence-electron chi connectivity index (χ0n) is 15.7. The number of para-hydroxylation sites is 1. The molecule has 1 aromatic heterocycles. The third-order valence-electron chi connectivity index (χ3n) is 4.49. The van der Waals surface area contributed by atoms with Gasteiger partial charge >= 0.3 is 0 Å². The Labute approximate surface area is 162 Å². The molecule has 8 heteroatoms. The summed E-state index contributed by atoms with van der Waals surface area (Å²) in [6.07, 6.45) is 4.75. The lowest BCUT2D eigenvalue weighted by Gasteiger charge is -2.25. The number of aryl methyl sites for hydroxylation is 1. The Morgan fingerprint density at radius 2 is 2.11 bits per heavy atom. The Kier molecular flexibility index (Phi) is 6.65. The molecule has 0 radical (unpaired) electrons. The lowest BCUT2D eigenvalue weighted by Crippen LogP contribution is -2.39. The summed E-state index contributed by atoms with van der Waals surface area (Å²) < 4.78 is 19.3. The highest BCUT2D eigenvalue weighted by molar-refractivity contribution is 5.93. The van der Waals surface area contributed by atoms with E-state index < -0.39 is 5.82 Å². The number of rotatable bonds is 7. The van der Waals surface area contributed by atoms with E-state index in [1.807, 2.05) is 0 Å². The summed E-state index contributed by atoms with van der Waals surface area (Å²) in [5.41, 5.74) is 1.05. The van der Waals surface area contributed by atoms with Gasteiger partial charge in [0, 0.05) is 32.3 Å². The summed E-state index contributed by atoms with van der Waals surface area (Å²) >= 11 is 0. The highest BCUT2D eigenvalue weighted by Crippen LogP contribution is 2.16. The minimum Gasteiger partial charge on any atom is -0.376 e. The maximum atomic E-state index is 13.7. The van der Waals surface area contributed by atoms with Crippen LogP contribution in [0.5, 0.6) is 0 Å². The average Bonchev–Trinajstić information content (AvgIpc) is 3.20. The summed E-state index contributed by atoms with van der Waals surface area (Å²) in [6.45, 7) is 3.01. The van der Waals surface area contributed by atoms with E-state index in [2.05, 4.69) is 15.3 Å². The van der Waals surface area contributed by atoms with Crippen LogP contribution >= 0.6 is 0 Å². The third-order valence-corrected chi connectivity index (χ3v) is 4.49. The Bertz CT molecular complexity index is 822. The van der Waals surface area contributed by atoms with Crippen molar-refractivity contribution in [3.63, 3.8) is 0 Å². The van der Waals surface area contributed by atoms with Gasteiger partial charge in [-0.25, -0.2) is 9.37 Å².